The van der Waals surface area contributed by atoms with Crippen molar-refractivity contribution >= 4 is 35.7 Å². The van der Waals surface area contributed by atoms with Gasteiger partial charge in [0.15, 0.2) is 11.5 Å². The molecule has 0 saturated heterocycles. The lowest BCUT2D eigenvalue weighted by atomic mass is 10.1. The number of hydrogen-bond donors (Lipinski definition) is 5. The van der Waals surface area contributed by atoms with Gasteiger partial charge >= 0.3 is 23.9 Å². The molecule has 0 spiro atoms. The van der Waals surface area contributed by atoms with Crippen molar-refractivity contribution in [2.75, 3.05) is 13.2 Å². The van der Waals surface area contributed by atoms with E-state index in [1.165, 1.54) is 18.2 Å². The van der Waals surface area contributed by atoms with E-state index in [1.54, 1.807) is 92.7 Å². The van der Waals surface area contributed by atoms with Gasteiger partial charge in [0, 0.05) is 36.3 Å². The summed E-state index contributed by atoms with van der Waals surface area (Å²) >= 11 is 0. The Balaban J connectivity index is 0.000000288. The quantitative estimate of drug-likeness (QED) is 0.0565. The lowest BCUT2D eigenvalue weighted by Crippen LogP contribution is -2.22. The summed E-state index contributed by atoms with van der Waals surface area (Å²) < 4.78 is 26.1. The standard InChI is InChI=1S/C21H19NO4.C19H15NO4.C11H8O3.C10H13NO2.3CH4/c1-2-25-21(24)17-10-8-15(9-11-17)14-22-20(23)19-13-12-18(26-19)16-6-4-3-5-7-16;21-18(20-12-13-6-8-15(9-7-13)19(22)23)17-11-10-16(24-17)14-4-2-1-3-5-14;12-11(13)10-7-6-9(14-10)8-4-2-1-3-5-8;1-2-13-10(12)9-5-3-8(7-11)4-6-9;;;/h3-13H,2,14H2,1H3,(H,22,23);1-11H,12H2,(H,20,21)(H,22,23);1-7H,(H,12,13);3-6H,2,7,11H2,1H3;3*1H4. The molecule has 0 aliphatic heterocycles. The number of carbonyl (C=O) groups excluding carboxylic acids is 4. The maximum Gasteiger partial charge on any atom is 0.371 e. The minimum Gasteiger partial charge on any atom is -0.478 e. The molecule has 0 atom stereocenters. The Morgan fingerprint density at radius 1 is 0.400 bits per heavy atom. The fourth-order valence-electron chi connectivity index (χ4n) is 6.91. The molecule has 6 aromatic carbocycles. The first-order valence-electron chi connectivity index (χ1n) is 24.2. The van der Waals surface area contributed by atoms with E-state index in [0.717, 1.165) is 33.4 Å². The Kier molecular flexibility index (Phi) is 26.6. The largest absolute Gasteiger partial charge is 0.478 e. The SMILES string of the molecule is C.C.C.CCOC(=O)c1ccc(CN)cc1.CCOC(=O)c1ccc(CNC(=O)c2ccc(-c3ccccc3)o2)cc1.O=C(O)c1ccc(-c2ccccc2)o1.O=C(O)c1ccc(CNC(=O)c2ccc(-c3ccccc3)o2)cc1. The Hall–Kier alpha value is -10.1. The molecule has 80 heavy (non-hydrogen) atoms. The van der Waals surface area contributed by atoms with E-state index < -0.39 is 11.9 Å². The van der Waals surface area contributed by atoms with Crippen LogP contribution in [0.15, 0.2) is 213 Å². The van der Waals surface area contributed by atoms with Crippen molar-refractivity contribution in [2.24, 2.45) is 5.73 Å². The van der Waals surface area contributed by atoms with Gasteiger partial charge in [-0.2, -0.15) is 0 Å². The number of hydrogen-bond acceptors (Lipinski definition) is 12. The lowest BCUT2D eigenvalue weighted by Gasteiger charge is -2.05. The molecular weight excluding hydrogens is 1020 g/mol. The van der Waals surface area contributed by atoms with E-state index in [9.17, 15) is 28.8 Å². The zero-order valence-electron chi connectivity index (χ0n) is 42.1. The predicted molar refractivity (Wildman–Crippen MR) is 308 cm³/mol. The number of benzene rings is 6. The van der Waals surface area contributed by atoms with E-state index >= 15 is 0 Å². The van der Waals surface area contributed by atoms with Crippen molar-refractivity contribution in [3.8, 4) is 34.0 Å². The van der Waals surface area contributed by atoms with Gasteiger partial charge in [-0.25, -0.2) is 19.2 Å². The van der Waals surface area contributed by atoms with Crippen molar-refractivity contribution in [3.05, 3.63) is 251 Å². The van der Waals surface area contributed by atoms with Crippen LogP contribution in [0.2, 0.25) is 0 Å². The molecule has 416 valence electrons. The third-order valence-electron chi connectivity index (χ3n) is 10.9. The first kappa shape index (κ1) is 64.2. The highest BCUT2D eigenvalue weighted by Gasteiger charge is 2.15. The highest BCUT2D eigenvalue weighted by molar-refractivity contribution is 5.93. The third-order valence-corrected chi connectivity index (χ3v) is 10.9. The van der Waals surface area contributed by atoms with Crippen LogP contribution in [-0.2, 0) is 29.1 Å². The third kappa shape index (κ3) is 19.5. The number of nitrogens with two attached hydrogens (primary N) is 1. The molecular formula is C64H67N3O13. The number of aromatic carboxylic acids is 2. The van der Waals surface area contributed by atoms with Gasteiger partial charge in [-0.3, -0.25) is 9.59 Å². The summed E-state index contributed by atoms with van der Waals surface area (Å²) in [7, 11) is 0. The van der Waals surface area contributed by atoms with Crippen molar-refractivity contribution in [1.82, 2.24) is 10.6 Å². The molecule has 9 aromatic rings. The number of esters is 2. The molecule has 3 heterocycles. The highest BCUT2D eigenvalue weighted by Crippen LogP contribution is 2.24. The minimum absolute atomic E-state index is 0. The second kappa shape index (κ2) is 33.2. The van der Waals surface area contributed by atoms with Crippen LogP contribution in [-0.4, -0.2) is 59.1 Å². The minimum atomic E-state index is -1.05. The summed E-state index contributed by atoms with van der Waals surface area (Å²) in [6, 6.07) is 58.8. The van der Waals surface area contributed by atoms with Gasteiger partial charge < -0.3 is 49.3 Å². The number of furan rings is 3. The van der Waals surface area contributed by atoms with Crippen molar-refractivity contribution in [2.45, 2.75) is 55.8 Å². The van der Waals surface area contributed by atoms with Gasteiger partial charge in [0.25, 0.3) is 11.8 Å². The molecule has 16 nitrogen and oxygen atoms in total. The van der Waals surface area contributed by atoms with E-state index in [2.05, 4.69) is 10.6 Å². The highest BCUT2D eigenvalue weighted by atomic mass is 16.5. The number of carboxylic acid groups (broad SMARTS) is 2. The van der Waals surface area contributed by atoms with Crippen LogP contribution in [0.25, 0.3) is 34.0 Å². The molecule has 9 rings (SSSR count). The maximum atomic E-state index is 12.2. The molecule has 0 radical (unpaired) electrons. The van der Waals surface area contributed by atoms with Gasteiger partial charge in [0.1, 0.15) is 17.3 Å². The molecule has 3 aromatic heterocycles. The first-order valence-corrected chi connectivity index (χ1v) is 24.2. The average molecular weight is 1090 g/mol. The molecule has 2 amide bonds. The Morgan fingerprint density at radius 3 is 1.01 bits per heavy atom. The van der Waals surface area contributed by atoms with Crippen LogP contribution < -0.4 is 16.4 Å². The summed E-state index contributed by atoms with van der Waals surface area (Å²) in [6.07, 6.45) is 0. The maximum absolute atomic E-state index is 12.2. The number of ether oxygens (including phenoxy) is 2. The van der Waals surface area contributed by atoms with Crippen molar-refractivity contribution in [3.63, 3.8) is 0 Å². The van der Waals surface area contributed by atoms with Crippen LogP contribution in [0, 0.1) is 0 Å². The van der Waals surface area contributed by atoms with E-state index in [1.807, 2.05) is 103 Å². The smallest absolute Gasteiger partial charge is 0.371 e. The molecule has 0 unspecified atom stereocenters. The summed E-state index contributed by atoms with van der Waals surface area (Å²) in [5, 5.41) is 23.1. The molecule has 0 fully saturated rings. The zero-order chi connectivity index (χ0) is 54.9. The second-order valence-electron chi connectivity index (χ2n) is 16.3. The van der Waals surface area contributed by atoms with Gasteiger partial charge in [-0.1, -0.05) is 150 Å². The van der Waals surface area contributed by atoms with Crippen molar-refractivity contribution < 1.29 is 61.7 Å². The van der Waals surface area contributed by atoms with Crippen LogP contribution in [0.3, 0.4) is 0 Å². The van der Waals surface area contributed by atoms with E-state index in [-0.39, 0.29) is 68.9 Å². The van der Waals surface area contributed by atoms with Gasteiger partial charge in [-0.15, -0.1) is 0 Å². The predicted octanol–water partition coefficient (Wildman–Crippen LogP) is 13.5. The van der Waals surface area contributed by atoms with E-state index in [0.29, 0.717) is 61.3 Å². The van der Waals surface area contributed by atoms with Crippen LogP contribution in [0.5, 0.6) is 0 Å². The van der Waals surface area contributed by atoms with E-state index in [4.69, 9.17) is 38.7 Å². The molecule has 0 aliphatic rings. The van der Waals surface area contributed by atoms with Crippen LogP contribution in [0.1, 0.15) is 116 Å². The zero-order valence-corrected chi connectivity index (χ0v) is 42.1. The average Bonchev–Trinajstić information content (AvgIpc) is 4.29. The first-order chi connectivity index (χ1) is 37.3. The number of rotatable bonds is 16. The lowest BCUT2D eigenvalue weighted by molar-refractivity contribution is 0.0516. The molecule has 6 N–H and O–H groups in total. The van der Waals surface area contributed by atoms with Crippen LogP contribution >= 0.6 is 0 Å². The summed E-state index contributed by atoms with van der Waals surface area (Å²) in [5.41, 5.74) is 12.1. The Morgan fingerprint density at radius 2 is 0.713 bits per heavy atom. The normalized spacial score (nSPS) is 9.79. The van der Waals surface area contributed by atoms with Crippen molar-refractivity contribution in [1.29, 1.82) is 0 Å². The van der Waals surface area contributed by atoms with Crippen LogP contribution in [0.4, 0.5) is 0 Å². The fraction of sp³-hybridized carbons (Fsp3) is 0.156. The molecule has 16 heteroatoms. The van der Waals surface area contributed by atoms with Gasteiger partial charge in [0.2, 0.25) is 5.76 Å². The Labute approximate surface area is 465 Å². The summed E-state index contributed by atoms with van der Waals surface area (Å²) in [4.78, 5) is 68.5. The summed E-state index contributed by atoms with van der Waals surface area (Å²) in [6.45, 7) is 5.40. The molecule has 0 bridgehead atoms. The van der Waals surface area contributed by atoms with Gasteiger partial charge in [0.05, 0.1) is 29.9 Å². The van der Waals surface area contributed by atoms with Gasteiger partial charge in [-0.05, 0) is 103 Å². The fourth-order valence-corrected chi connectivity index (χ4v) is 6.91. The summed E-state index contributed by atoms with van der Waals surface area (Å²) in [5.74, 6) is -0.975. The Bertz CT molecular complexity index is 3310. The molecule has 0 saturated carbocycles. The second-order valence-corrected chi connectivity index (χ2v) is 16.3. The number of nitrogens with one attached hydrogen (secondary N) is 2. The number of carboxylic acids is 2. The monoisotopic (exact) mass is 1090 g/mol. The topological polar surface area (TPSA) is 251 Å². The molecule has 0 aliphatic carbocycles. The number of amides is 2. The number of carbonyl (C=O) groups is 6.